The molecular weight excluding hydrogens is 206 g/mol. The number of rotatable bonds is 3. The van der Waals surface area contributed by atoms with Crippen LogP contribution in [0.15, 0.2) is 11.0 Å². The predicted octanol–water partition coefficient (Wildman–Crippen LogP) is 1.39. The molecule has 0 amide bonds. The zero-order chi connectivity index (χ0) is 11.4. The molecule has 0 radical (unpaired) electrons. The van der Waals surface area contributed by atoms with Gasteiger partial charge in [-0.05, 0) is 0 Å². The number of aromatic amines is 1. The van der Waals surface area contributed by atoms with Crippen molar-refractivity contribution in [3.63, 3.8) is 0 Å². The van der Waals surface area contributed by atoms with Gasteiger partial charge in [0.1, 0.15) is 0 Å². The van der Waals surface area contributed by atoms with Crippen LogP contribution < -0.4 is 10.2 Å². The summed E-state index contributed by atoms with van der Waals surface area (Å²) in [6.07, 6.45) is -2.12. The average Bonchev–Trinajstić information content (AvgIpc) is 2.20. The maximum Gasteiger partial charge on any atom is 0.278 e. The standard InChI is InChI=1S/C9H8F2N2O2/c1-15-6-4-13-7(9(10)11)5(2-3-12)8(6)14/h4,9H,2H2,1H3,(H,13,14). The summed E-state index contributed by atoms with van der Waals surface area (Å²) < 4.78 is 29.6. The molecule has 0 aliphatic rings. The zero-order valence-electron chi connectivity index (χ0n) is 7.88. The fourth-order valence-corrected chi connectivity index (χ4v) is 1.17. The number of aromatic nitrogens is 1. The first-order valence-electron chi connectivity index (χ1n) is 4.05. The highest BCUT2D eigenvalue weighted by Crippen LogP contribution is 2.20. The van der Waals surface area contributed by atoms with Crippen LogP contribution in [0.1, 0.15) is 17.7 Å². The van der Waals surface area contributed by atoms with Crippen LogP contribution >= 0.6 is 0 Å². The van der Waals surface area contributed by atoms with E-state index >= 15 is 0 Å². The number of nitrogens with zero attached hydrogens (tertiary/aromatic N) is 1. The molecule has 1 rings (SSSR count). The number of halogens is 2. The molecule has 0 atom stereocenters. The van der Waals surface area contributed by atoms with Crippen LogP contribution in [-0.2, 0) is 6.42 Å². The molecule has 0 aromatic carbocycles. The highest BCUT2D eigenvalue weighted by atomic mass is 19.3. The molecule has 15 heavy (non-hydrogen) atoms. The largest absolute Gasteiger partial charge is 0.491 e. The van der Waals surface area contributed by atoms with Crippen molar-refractivity contribution in [3.05, 3.63) is 27.7 Å². The summed E-state index contributed by atoms with van der Waals surface area (Å²) in [7, 11) is 1.25. The Morgan fingerprint density at radius 3 is 2.80 bits per heavy atom. The number of pyridine rings is 1. The van der Waals surface area contributed by atoms with E-state index in [9.17, 15) is 13.6 Å². The third-order valence-corrected chi connectivity index (χ3v) is 1.88. The van der Waals surface area contributed by atoms with Crippen molar-refractivity contribution in [2.45, 2.75) is 12.8 Å². The van der Waals surface area contributed by atoms with Crippen LogP contribution in [0.4, 0.5) is 8.78 Å². The van der Waals surface area contributed by atoms with Crippen LogP contribution in [0, 0.1) is 11.3 Å². The van der Waals surface area contributed by atoms with Gasteiger partial charge in [0.05, 0.1) is 25.3 Å². The SMILES string of the molecule is COc1c[nH]c(C(F)F)c(CC#N)c1=O. The Morgan fingerprint density at radius 1 is 1.67 bits per heavy atom. The molecule has 0 aliphatic carbocycles. The monoisotopic (exact) mass is 214 g/mol. The minimum Gasteiger partial charge on any atom is -0.491 e. The molecule has 1 heterocycles. The summed E-state index contributed by atoms with van der Waals surface area (Å²) in [5.41, 5.74) is -1.44. The highest BCUT2D eigenvalue weighted by molar-refractivity contribution is 5.32. The summed E-state index contributed by atoms with van der Waals surface area (Å²) >= 11 is 0. The molecule has 0 saturated carbocycles. The van der Waals surface area contributed by atoms with Crippen LogP contribution in [-0.4, -0.2) is 12.1 Å². The van der Waals surface area contributed by atoms with Gasteiger partial charge in [-0.2, -0.15) is 5.26 Å². The van der Waals surface area contributed by atoms with Crippen LogP contribution in [0.5, 0.6) is 5.75 Å². The summed E-state index contributed by atoms with van der Waals surface area (Å²) in [5, 5.41) is 8.43. The molecular formula is C9H8F2N2O2. The van der Waals surface area contributed by atoms with Crippen molar-refractivity contribution in [1.29, 1.82) is 5.26 Å². The van der Waals surface area contributed by atoms with E-state index in [0.29, 0.717) is 0 Å². The molecule has 1 aromatic rings. The predicted molar refractivity (Wildman–Crippen MR) is 47.9 cm³/mol. The number of hydrogen-bond acceptors (Lipinski definition) is 3. The first-order valence-corrected chi connectivity index (χ1v) is 4.05. The Bertz CT molecular complexity index is 448. The number of nitriles is 1. The van der Waals surface area contributed by atoms with Crippen molar-refractivity contribution in [2.75, 3.05) is 7.11 Å². The maximum atomic E-state index is 12.4. The fraction of sp³-hybridized carbons (Fsp3) is 0.333. The van der Waals surface area contributed by atoms with Gasteiger partial charge in [0.2, 0.25) is 5.43 Å². The zero-order valence-corrected chi connectivity index (χ0v) is 7.88. The van der Waals surface area contributed by atoms with Gasteiger partial charge >= 0.3 is 0 Å². The number of hydrogen-bond donors (Lipinski definition) is 1. The number of nitrogens with one attached hydrogen (secondary N) is 1. The van der Waals surface area contributed by atoms with Crippen molar-refractivity contribution in [3.8, 4) is 11.8 Å². The summed E-state index contributed by atoms with van der Waals surface area (Å²) in [5.74, 6) is -0.0790. The molecule has 80 valence electrons. The number of ether oxygens (including phenoxy) is 1. The Kier molecular flexibility index (Phi) is 3.39. The first kappa shape index (κ1) is 11.2. The molecule has 0 saturated heterocycles. The van der Waals surface area contributed by atoms with E-state index < -0.39 is 17.5 Å². The quantitative estimate of drug-likeness (QED) is 0.826. The van der Waals surface area contributed by atoms with Gasteiger partial charge in [-0.15, -0.1) is 0 Å². The van der Waals surface area contributed by atoms with E-state index in [1.165, 1.54) is 7.11 Å². The third kappa shape index (κ3) is 2.13. The number of methoxy groups -OCH3 is 1. The molecule has 0 spiro atoms. The van der Waals surface area contributed by atoms with E-state index in [4.69, 9.17) is 5.26 Å². The summed E-state index contributed by atoms with van der Waals surface area (Å²) in [6.45, 7) is 0. The average molecular weight is 214 g/mol. The van der Waals surface area contributed by atoms with Crippen molar-refractivity contribution >= 4 is 0 Å². The highest BCUT2D eigenvalue weighted by Gasteiger charge is 2.18. The lowest BCUT2D eigenvalue weighted by Crippen LogP contribution is -2.16. The molecule has 0 bridgehead atoms. The summed E-state index contributed by atoms with van der Waals surface area (Å²) in [6, 6.07) is 1.66. The van der Waals surface area contributed by atoms with E-state index in [1.54, 1.807) is 6.07 Å². The fourth-order valence-electron chi connectivity index (χ4n) is 1.17. The smallest absolute Gasteiger partial charge is 0.278 e. The normalized spacial score (nSPS) is 10.1. The Hall–Kier alpha value is -1.90. The van der Waals surface area contributed by atoms with E-state index in [2.05, 4.69) is 9.72 Å². The Labute approximate surface area is 84.1 Å². The van der Waals surface area contributed by atoms with E-state index in [-0.39, 0.29) is 17.7 Å². The van der Waals surface area contributed by atoms with Gasteiger partial charge in [0.15, 0.2) is 5.75 Å². The summed E-state index contributed by atoms with van der Waals surface area (Å²) in [4.78, 5) is 13.7. The molecule has 6 heteroatoms. The first-order chi connectivity index (χ1) is 7.11. The molecule has 4 nitrogen and oxygen atoms in total. The molecule has 0 fully saturated rings. The van der Waals surface area contributed by atoms with Crippen molar-refractivity contribution in [1.82, 2.24) is 4.98 Å². The second kappa shape index (κ2) is 4.55. The second-order valence-electron chi connectivity index (χ2n) is 2.71. The Morgan fingerprint density at radius 2 is 2.33 bits per heavy atom. The lowest BCUT2D eigenvalue weighted by Gasteiger charge is -2.07. The minimum atomic E-state index is -2.81. The molecule has 0 aliphatic heterocycles. The van der Waals surface area contributed by atoms with Crippen LogP contribution in [0.2, 0.25) is 0 Å². The van der Waals surface area contributed by atoms with Crippen molar-refractivity contribution < 1.29 is 13.5 Å². The lowest BCUT2D eigenvalue weighted by molar-refractivity contribution is 0.144. The third-order valence-electron chi connectivity index (χ3n) is 1.88. The van der Waals surface area contributed by atoms with E-state index in [1.807, 2.05) is 0 Å². The van der Waals surface area contributed by atoms with Gasteiger partial charge in [0, 0.05) is 11.8 Å². The molecule has 1 aromatic heterocycles. The van der Waals surface area contributed by atoms with Gasteiger partial charge < -0.3 is 9.72 Å². The van der Waals surface area contributed by atoms with Gasteiger partial charge in [-0.25, -0.2) is 8.78 Å². The number of alkyl halides is 2. The second-order valence-corrected chi connectivity index (χ2v) is 2.71. The van der Waals surface area contributed by atoms with Crippen LogP contribution in [0.25, 0.3) is 0 Å². The van der Waals surface area contributed by atoms with Crippen molar-refractivity contribution in [2.24, 2.45) is 0 Å². The maximum absolute atomic E-state index is 12.4. The van der Waals surface area contributed by atoms with E-state index in [0.717, 1.165) is 6.20 Å². The molecule has 0 unspecified atom stereocenters. The topological polar surface area (TPSA) is 65.9 Å². The lowest BCUT2D eigenvalue weighted by atomic mass is 10.1. The van der Waals surface area contributed by atoms with Gasteiger partial charge in [-0.1, -0.05) is 0 Å². The Balaban J connectivity index is 3.39. The molecule has 1 N–H and O–H groups in total. The van der Waals surface area contributed by atoms with Crippen LogP contribution in [0.3, 0.4) is 0 Å². The number of H-pyrrole nitrogens is 1. The van der Waals surface area contributed by atoms with Gasteiger partial charge in [0.25, 0.3) is 6.43 Å². The van der Waals surface area contributed by atoms with Gasteiger partial charge in [-0.3, -0.25) is 4.79 Å². The minimum absolute atomic E-state index is 0.0790.